The number of esters is 1. The zero-order valence-electron chi connectivity index (χ0n) is 10.9. The van der Waals surface area contributed by atoms with Crippen molar-refractivity contribution in [3.63, 3.8) is 0 Å². The summed E-state index contributed by atoms with van der Waals surface area (Å²) in [4.78, 5) is 11.3. The fourth-order valence-electron chi connectivity index (χ4n) is 1.75. The standard InChI is InChI=1S/C13H26O3/c1-4-7-8-11(6-3)12(14)10-13(15)16-9-5-2/h11-12,14H,4-10H2,1-3H3/t11-,12-/m0/s1. The Hall–Kier alpha value is -0.570. The highest BCUT2D eigenvalue weighted by molar-refractivity contribution is 5.69. The van der Waals surface area contributed by atoms with Crippen molar-refractivity contribution in [1.82, 2.24) is 0 Å². The van der Waals surface area contributed by atoms with E-state index in [0.29, 0.717) is 6.61 Å². The van der Waals surface area contributed by atoms with Crippen molar-refractivity contribution in [2.45, 2.75) is 65.4 Å². The zero-order chi connectivity index (χ0) is 12.4. The lowest BCUT2D eigenvalue weighted by Gasteiger charge is -2.20. The van der Waals surface area contributed by atoms with Gasteiger partial charge in [-0.05, 0) is 18.8 Å². The molecule has 0 aromatic heterocycles. The van der Waals surface area contributed by atoms with Crippen LogP contribution >= 0.6 is 0 Å². The monoisotopic (exact) mass is 230 g/mol. The summed E-state index contributed by atoms with van der Waals surface area (Å²) in [5, 5.41) is 9.90. The van der Waals surface area contributed by atoms with E-state index in [4.69, 9.17) is 4.74 Å². The average molecular weight is 230 g/mol. The molecule has 2 atom stereocenters. The lowest BCUT2D eigenvalue weighted by atomic mass is 9.91. The van der Waals surface area contributed by atoms with Gasteiger partial charge in [0.05, 0.1) is 19.1 Å². The molecule has 0 aromatic rings. The Balaban J connectivity index is 3.89. The zero-order valence-corrected chi connectivity index (χ0v) is 10.9. The Morgan fingerprint density at radius 1 is 1.25 bits per heavy atom. The lowest BCUT2D eigenvalue weighted by Crippen LogP contribution is -2.24. The van der Waals surface area contributed by atoms with Crippen molar-refractivity contribution in [2.75, 3.05) is 6.61 Å². The molecule has 0 aromatic carbocycles. The molecular formula is C13H26O3. The van der Waals surface area contributed by atoms with Gasteiger partial charge in [-0.1, -0.05) is 40.0 Å². The van der Waals surface area contributed by atoms with Crippen molar-refractivity contribution in [3.8, 4) is 0 Å². The highest BCUT2D eigenvalue weighted by atomic mass is 16.5. The van der Waals surface area contributed by atoms with E-state index in [0.717, 1.165) is 32.1 Å². The molecule has 0 saturated carbocycles. The van der Waals surface area contributed by atoms with E-state index in [-0.39, 0.29) is 18.3 Å². The molecule has 0 unspecified atom stereocenters. The fourth-order valence-corrected chi connectivity index (χ4v) is 1.75. The van der Waals surface area contributed by atoms with Gasteiger partial charge in [-0.15, -0.1) is 0 Å². The number of hydrogen-bond acceptors (Lipinski definition) is 3. The van der Waals surface area contributed by atoms with Crippen LogP contribution in [-0.2, 0) is 9.53 Å². The van der Waals surface area contributed by atoms with Crippen molar-refractivity contribution >= 4 is 5.97 Å². The first-order valence-corrected chi connectivity index (χ1v) is 6.49. The third-order valence-electron chi connectivity index (χ3n) is 2.84. The maximum atomic E-state index is 11.3. The Morgan fingerprint density at radius 3 is 2.44 bits per heavy atom. The summed E-state index contributed by atoms with van der Waals surface area (Å²) in [6, 6.07) is 0. The van der Waals surface area contributed by atoms with E-state index < -0.39 is 6.10 Å². The van der Waals surface area contributed by atoms with Crippen molar-refractivity contribution < 1.29 is 14.6 Å². The van der Waals surface area contributed by atoms with Gasteiger partial charge in [-0.2, -0.15) is 0 Å². The summed E-state index contributed by atoms with van der Waals surface area (Å²) >= 11 is 0. The molecule has 0 spiro atoms. The first kappa shape index (κ1) is 15.4. The van der Waals surface area contributed by atoms with Gasteiger partial charge >= 0.3 is 5.97 Å². The van der Waals surface area contributed by atoms with E-state index in [1.165, 1.54) is 0 Å². The first-order valence-electron chi connectivity index (χ1n) is 6.49. The van der Waals surface area contributed by atoms with E-state index in [1.807, 2.05) is 6.92 Å². The minimum absolute atomic E-state index is 0.141. The number of unbranched alkanes of at least 4 members (excludes halogenated alkanes) is 1. The molecule has 96 valence electrons. The van der Waals surface area contributed by atoms with Gasteiger partial charge in [0.15, 0.2) is 0 Å². The van der Waals surface area contributed by atoms with E-state index in [9.17, 15) is 9.90 Å². The summed E-state index contributed by atoms with van der Waals surface area (Å²) in [7, 11) is 0. The molecule has 0 bridgehead atoms. The Bertz CT molecular complexity index is 180. The van der Waals surface area contributed by atoms with Gasteiger partial charge < -0.3 is 9.84 Å². The number of aliphatic hydroxyl groups is 1. The van der Waals surface area contributed by atoms with Gasteiger partial charge in [-0.25, -0.2) is 0 Å². The smallest absolute Gasteiger partial charge is 0.308 e. The van der Waals surface area contributed by atoms with Crippen molar-refractivity contribution in [3.05, 3.63) is 0 Å². The van der Waals surface area contributed by atoms with Crippen LogP contribution in [-0.4, -0.2) is 23.8 Å². The van der Waals surface area contributed by atoms with Crippen LogP contribution < -0.4 is 0 Å². The van der Waals surface area contributed by atoms with Crippen molar-refractivity contribution in [1.29, 1.82) is 0 Å². The molecule has 0 rings (SSSR count). The van der Waals surface area contributed by atoms with Gasteiger partial charge in [-0.3, -0.25) is 4.79 Å². The summed E-state index contributed by atoms with van der Waals surface area (Å²) in [5.74, 6) is -0.0431. The predicted molar refractivity (Wildman–Crippen MR) is 65.2 cm³/mol. The largest absolute Gasteiger partial charge is 0.466 e. The number of rotatable bonds is 9. The van der Waals surface area contributed by atoms with Crippen LogP contribution in [0.4, 0.5) is 0 Å². The maximum absolute atomic E-state index is 11.3. The molecule has 0 radical (unpaired) electrons. The van der Waals surface area contributed by atoms with Crippen LogP contribution in [0.1, 0.15) is 59.3 Å². The van der Waals surface area contributed by atoms with Gasteiger partial charge in [0.25, 0.3) is 0 Å². The van der Waals surface area contributed by atoms with Crippen LogP contribution in [0.25, 0.3) is 0 Å². The number of carbonyl (C=O) groups excluding carboxylic acids is 1. The van der Waals surface area contributed by atoms with Crippen LogP contribution in [0.5, 0.6) is 0 Å². The van der Waals surface area contributed by atoms with E-state index >= 15 is 0 Å². The van der Waals surface area contributed by atoms with Gasteiger partial charge in [0, 0.05) is 0 Å². The maximum Gasteiger partial charge on any atom is 0.308 e. The minimum Gasteiger partial charge on any atom is -0.466 e. The average Bonchev–Trinajstić information content (AvgIpc) is 2.27. The summed E-state index contributed by atoms with van der Waals surface area (Å²) in [6.07, 6.45) is 4.58. The van der Waals surface area contributed by atoms with Crippen LogP contribution in [0.15, 0.2) is 0 Å². The van der Waals surface area contributed by atoms with Crippen LogP contribution in [0.2, 0.25) is 0 Å². The molecule has 3 heteroatoms. The Labute approximate surface area is 99.2 Å². The fraction of sp³-hybridized carbons (Fsp3) is 0.923. The van der Waals surface area contributed by atoms with Crippen LogP contribution in [0.3, 0.4) is 0 Å². The Kier molecular flexibility index (Phi) is 9.30. The third-order valence-corrected chi connectivity index (χ3v) is 2.84. The second-order valence-electron chi connectivity index (χ2n) is 4.30. The van der Waals surface area contributed by atoms with E-state index in [2.05, 4.69) is 13.8 Å². The topological polar surface area (TPSA) is 46.5 Å². The quantitative estimate of drug-likeness (QED) is 0.619. The molecule has 0 aliphatic rings. The second-order valence-corrected chi connectivity index (χ2v) is 4.30. The molecule has 16 heavy (non-hydrogen) atoms. The van der Waals surface area contributed by atoms with Crippen molar-refractivity contribution in [2.24, 2.45) is 5.92 Å². The first-order chi connectivity index (χ1) is 7.65. The molecule has 1 N–H and O–H groups in total. The molecule has 0 aliphatic heterocycles. The summed E-state index contributed by atoms with van der Waals surface area (Å²) in [5.41, 5.74) is 0. The van der Waals surface area contributed by atoms with Gasteiger partial charge in [0.1, 0.15) is 0 Å². The number of ether oxygens (including phenoxy) is 1. The molecule has 0 saturated heterocycles. The summed E-state index contributed by atoms with van der Waals surface area (Å²) in [6.45, 7) is 6.60. The molecular weight excluding hydrogens is 204 g/mol. The third kappa shape index (κ3) is 6.83. The SMILES string of the molecule is CCCC[C@H](CC)[C@@H](O)CC(=O)OCCC. The highest BCUT2D eigenvalue weighted by Crippen LogP contribution is 2.19. The Morgan fingerprint density at radius 2 is 1.94 bits per heavy atom. The molecule has 0 aliphatic carbocycles. The normalized spacial score (nSPS) is 14.5. The highest BCUT2D eigenvalue weighted by Gasteiger charge is 2.20. The molecule has 0 amide bonds. The minimum atomic E-state index is -0.541. The second kappa shape index (κ2) is 9.64. The van der Waals surface area contributed by atoms with Gasteiger partial charge in [0.2, 0.25) is 0 Å². The number of carbonyl (C=O) groups is 1. The van der Waals surface area contributed by atoms with E-state index in [1.54, 1.807) is 0 Å². The lowest BCUT2D eigenvalue weighted by molar-refractivity contribution is -0.146. The number of hydrogen-bond donors (Lipinski definition) is 1. The molecule has 0 heterocycles. The van der Waals surface area contributed by atoms with Crippen LogP contribution in [0, 0.1) is 5.92 Å². The number of aliphatic hydroxyl groups excluding tert-OH is 1. The molecule has 0 fully saturated rings. The molecule has 3 nitrogen and oxygen atoms in total. The predicted octanol–water partition coefficient (Wildman–Crippen LogP) is 2.91. The summed E-state index contributed by atoms with van der Waals surface area (Å²) < 4.78 is 4.96.